The highest BCUT2D eigenvalue weighted by Crippen LogP contribution is 2.34. The fourth-order valence-corrected chi connectivity index (χ4v) is 57.4. The van der Waals surface area contributed by atoms with E-state index in [4.69, 9.17) is 29.1 Å². The van der Waals surface area contributed by atoms with Gasteiger partial charge in [-0.15, -0.1) is 6.58 Å². The van der Waals surface area contributed by atoms with Crippen molar-refractivity contribution < 1.29 is 29.1 Å². The molecule has 0 radical (unpaired) electrons. The summed E-state index contributed by atoms with van der Waals surface area (Å²) in [5.74, 6) is 0. The van der Waals surface area contributed by atoms with E-state index < -0.39 is 83.9 Å². The van der Waals surface area contributed by atoms with Gasteiger partial charge in [-0.2, -0.15) is 0 Å². The van der Waals surface area contributed by atoms with Crippen LogP contribution < -0.4 is 31.1 Å². The Bertz CT molecular complexity index is 2600. The van der Waals surface area contributed by atoms with E-state index in [1.807, 2.05) is 12.8 Å². The molecular weight excluding hydrogens is 1100 g/mol. The molecule has 7 nitrogen and oxygen atoms in total. The summed E-state index contributed by atoms with van der Waals surface area (Å²) in [6.07, 6.45) is 0. The lowest BCUT2D eigenvalue weighted by molar-refractivity contribution is 0.394. The summed E-state index contributed by atoms with van der Waals surface area (Å²) in [4.78, 5) is 0. The van der Waals surface area contributed by atoms with Gasteiger partial charge in [-0.1, -0.05) is 188 Å². The summed E-state index contributed by atoms with van der Waals surface area (Å²) in [7, 11) is -24.6. The molecule has 0 unspecified atom stereocenters. The molecule has 6 rings (SSSR count). The van der Waals surface area contributed by atoms with E-state index in [-0.39, 0.29) is 0 Å². The molecule has 6 aromatic rings. The largest absolute Gasteiger partial charge is 0.430 e. The molecule has 0 amide bonds. The van der Waals surface area contributed by atoms with Crippen molar-refractivity contribution in [2.75, 3.05) is 7.11 Å². The minimum atomic E-state index is -3.38. The molecule has 6 aromatic carbocycles. The Kier molecular flexibility index (Phi) is 20.9. The van der Waals surface area contributed by atoms with Gasteiger partial charge in [0.25, 0.3) is 0 Å². The highest BCUT2D eigenvalue weighted by atomic mass is 28.5. The first-order valence-electron chi connectivity index (χ1n) is 27.3. The van der Waals surface area contributed by atoms with Crippen LogP contribution >= 0.6 is 0 Å². The molecule has 0 aliphatic carbocycles. The van der Waals surface area contributed by atoms with Crippen LogP contribution in [0.2, 0.25) is 128 Å². The lowest BCUT2D eigenvalue weighted by atomic mass is 10.4. The fraction of sp³-hybridized carbons (Fsp3) is 0.356. The van der Waals surface area contributed by atoms with E-state index in [0.29, 0.717) is 0 Å². The summed E-state index contributed by atoms with van der Waals surface area (Å²) in [5.41, 5.74) is 2.04. The van der Waals surface area contributed by atoms with E-state index in [1.54, 1.807) is 0 Å². The quantitative estimate of drug-likeness (QED) is 0.0434. The lowest BCUT2D eigenvalue weighted by Crippen LogP contribution is -2.71. The van der Waals surface area contributed by atoms with Crippen LogP contribution in [0, 0.1) is 0 Å². The topological polar surface area (TPSA) is 64.6 Å². The molecular formula is C59H90O7Si10. The molecule has 408 valence electrons. The third kappa shape index (κ3) is 16.8. The third-order valence-corrected chi connectivity index (χ3v) is 53.4. The van der Waals surface area contributed by atoms with Gasteiger partial charge in [0.15, 0.2) is 49.9 Å². The smallest absolute Gasteiger partial charge is 0.386 e. The molecule has 17 heteroatoms. The predicted octanol–water partition coefficient (Wildman–Crippen LogP) is 12.7. The van der Waals surface area contributed by atoms with Crippen LogP contribution in [-0.2, 0) is 29.1 Å². The van der Waals surface area contributed by atoms with Gasteiger partial charge in [0.05, 0.1) is 0 Å². The van der Waals surface area contributed by atoms with Crippen molar-refractivity contribution in [3.05, 3.63) is 194 Å². The van der Waals surface area contributed by atoms with Crippen LogP contribution in [0.3, 0.4) is 0 Å². The first kappa shape index (κ1) is 62.2. The summed E-state index contributed by atoms with van der Waals surface area (Å²) in [6.45, 7) is 37.3. The van der Waals surface area contributed by atoms with Crippen LogP contribution in [0.1, 0.15) is 0 Å². The maximum absolute atomic E-state index is 8.08. The van der Waals surface area contributed by atoms with E-state index >= 15 is 0 Å². The number of rotatable bonds is 29. The first-order chi connectivity index (χ1) is 35.6. The van der Waals surface area contributed by atoms with Gasteiger partial charge in [0.2, 0.25) is 8.32 Å². The van der Waals surface area contributed by atoms with Gasteiger partial charge in [-0.3, -0.25) is 0 Å². The molecule has 0 spiro atoms. The van der Waals surface area contributed by atoms with Crippen molar-refractivity contribution in [2.45, 2.75) is 128 Å². The van der Waals surface area contributed by atoms with Gasteiger partial charge in [0.1, 0.15) is 0 Å². The third-order valence-electron chi connectivity index (χ3n) is 14.5. The fourth-order valence-electron chi connectivity index (χ4n) is 9.74. The monoisotopic (exact) mass is 1190 g/mol. The molecule has 0 heterocycles. The highest BCUT2D eigenvalue weighted by molar-refractivity contribution is 7.05. The maximum atomic E-state index is 8.08. The molecule has 0 bridgehead atoms. The Morgan fingerprint density at radius 2 is 0.447 bits per heavy atom. The summed E-state index contributed by atoms with van der Waals surface area (Å²) < 4.78 is 53.2. The minimum Gasteiger partial charge on any atom is -0.430 e. The molecule has 0 N–H and O–H groups in total. The molecule has 0 saturated carbocycles. The zero-order chi connectivity index (χ0) is 55.6. The number of benzene rings is 6. The maximum Gasteiger partial charge on any atom is 0.386 e. The normalized spacial score (nSPS) is 13.7. The second kappa shape index (κ2) is 25.6. The number of hydrogen-bond acceptors (Lipinski definition) is 7. The molecule has 0 aromatic heterocycles. The average Bonchev–Trinajstić information content (AvgIpc) is 3.40. The van der Waals surface area contributed by atoms with E-state index in [2.05, 4.69) is 280 Å². The van der Waals surface area contributed by atoms with Crippen molar-refractivity contribution in [3.8, 4) is 0 Å². The SMILES string of the molecule is C=C[Si](C)(C)O[Si](O[Si](C)(C)CC[Si](C)(C)O[Si](O[Si](C)(C)CC[Si](C)(C)O[Si](O[Si](C)(C)CC[Si](C)(C)OC)(c1ccccc1)c1ccccc1)(c1ccccc1)c1ccccc1)(c1ccccc1)c1ccccc1. The van der Waals surface area contributed by atoms with Crippen molar-refractivity contribution in [2.24, 2.45) is 0 Å². The molecule has 0 aliphatic rings. The molecule has 0 atom stereocenters. The van der Waals surface area contributed by atoms with Crippen molar-refractivity contribution >= 4 is 115 Å². The zero-order valence-corrected chi connectivity index (χ0v) is 58.7. The molecule has 0 aliphatic heterocycles. The summed E-state index contributed by atoms with van der Waals surface area (Å²) >= 11 is 0. The van der Waals surface area contributed by atoms with Gasteiger partial charge in [-0.25, -0.2) is 0 Å². The second-order valence-electron chi connectivity index (χ2n) is 24.7. The van der Waals surface area contributed by atoms with Crippen LogP contribution in [0.25, 0.3) is 0 Å². The second-order valence-corrected chi connectivity index (χ2v) is 64.9. The van der Waals surface area contributed by atoms with Gasteiger partial charge < -0.3 is 29.1 Å². The predicted molar refractivity (Wildman–Crippen MR) is 349 cm³/mol. The summed E-state index contributed by atoms with van der Waals surface area (Å²) in [6, 6.07) is 70.7. The van der Waals surface area contributed by atoms with E-state index in [9.17, 15) is 0 Å². The van der Waals surface area contributed by atoms with Crippen LogP contribution in [0.4, 0.5) is 0 Å². The van der Waals surface area contributed by atoms with Gasteiger partial charge >= 0.3 is 25.7 Å². The Morgan fingerprint density at radius 3 is 0.618 bits per heavy atom. The lowest BCUT2D eigenvalue weighted by Gasteiger charge is -2.46. The number of hydrogen-bond donors (Lipinski definition) is 0. The standard InChI is InChI=1S/C59H90O7Si10/c1-17-67(3,4)61-74(54-36-24-18-25-37-54,55-38-26-19-27-39-55)62-70(9,10)50-51-71(11,12)65-76(58-44-32-22-33-45-58,59-46-34-23-35-47-59)66-73(15,16)53-52-72(13,14)64-75(56-40-28-20-29-41-56,57-42-30-21-31-43-57)63-69(7,8)49-48-68(5,6)60-2/h17-47H,1,48-53H2,2-16H3. The molecule has 0 fully saturated rings. The zero-order valence-electron chi connectivity index (χ0n) is 48.7. The summed E-state index contributed by atoms with van der Waals surface area (Å²) in [5, 5.41) is 6.88. The van der Waals surface area contributed by atoms with Crippen LogP contribution in [0.5, 0.6) is 0 Å². The molecule has 0 saturated heterocycles. The van der Waals surface area contributed by atoms with Gasteiger partial charge in [0, 0.05) is 7.11 Å². The van der Waals surface area contributed by atoms with Crippen molar-refractivity contribution in [3.63, 3.8) is 0 Å². The van der Waals surface area contributed by atoms with Crippen molar-refractivity contribution in [1.82, 2.24) is 0 Å². The van der Waals surface area contributed by atoms with Gasteiger partial charge in [-0.05, 0) is 159 Å². The van der Waals surface area contributed by atoms with Crippen LogP contribution in [0.15, 0.2) is 194 Å². The van der Waals surface area contributed by atoms with Crippen LogP contribution in [-0.4, -0.2) is 91.0 Å². The van der Waals surface area contributed by atoms with E-state index in [1.165, 1.54) is 10.4 Å². The Labute approximate surface area is 470 Å². The minimum absolute atomic E-state index is 0.909. The first-order valence-corrected chi connectivity index (χ1v) is 54.5. The molecule has 76 heavy (non-hydrogen) atoms. The Morgan fingerprint density at radius 1 is 0.276 bits per heavy atom. The Balaban J connectivity index is 1.34. The van der Waals surface area contributed by atoms with E-state index in [0.717, 1.165) is 57.0 Å². The Hall–Kier alpha value is -3.05. The van der Waals surface area contributed by atoms with Crippen molar-refractivity contribution in [1.29, 1.82) is 0 Å². The average molecular weight is 1190 g/mol. The highest BCUT2D eigenvalue weighted by Gasteiger charge is 2.55.